The zero-order chi connectivity index (χ0) is 14.1. The summed E-state index contributed by atoms with van der Waals surface area (Å²) in [6, 6.07) is 13.2. The molecule has 100 valence electrons. The van der Waals surface area contributed by atoms with Crippen molar-refractivity contribution in [1.82, 2.24) is 9.97 Å². The van der Waals surface area contributed by atoms with Gasteiger partial charge in [-0.15, -0.1) is 0 Å². The van der Waals surface area contributed by atoms with Crippen molar-refractivity contribution in [2.45, 2.75) is 0 Å². The van der Waals surface area contributed by atoms with E-state index in [1.165, 1.54) is 0 Å². The lowest BCUT2D eigenvalue weighted by atomic mass is 10.2. The van der Waals surface area contributed by atoms with Crippen LogP contribution in [0.4, 0.5) is 11.5 Å². The van der Waals surface area contributed by atoms with Crippen molar-refractivity contribution < 1.29 is 0 Å². The van der Waals surface area contributed by atoms with E-state index in [1.807, 2.05) is 36.4 Å². The van der Waals surface area contributed by atoms with Crippen LogP contribution in [0.25, 0.3) is 10.9 Å². The molecule has 0 atom stereocenters. The minimum atomic E-state index is 0.205. The number of halogens is 3. The number of para-hydroxylation sites is 1. The third-order valence-electron chi connectivity index (χ3n) is 2.76. The lowest BCUT2D eigenvalue weighted by Crippen LogP contribution is -1.97. The summed E-state index contributed by atoms with van der Waals surface area (Å²) >= 11 is 15.4. The number of nitrogens with one attached hydrogen (secondary N) is 1. The minimum absolute atomic E-state index is 0.205. The Hall–Kier alpha value is -1.36. The van der Waals surface area contributed by atoms with Gasteiger partial charge in [0.2, 0.25) is 5.28 Å². The Morgan fingerprint density at radius 1 is 1.00 bits per heavy atom. The Morgan fingerprint density at radius 3 is 2.60 bits per heavy atom. The predicted octanol–water partition coefficient (Wildman–Crippen LogP) is 5.44. The minimum Gasteiger partial charge on any atom is -0.339 e. The highest BCUT2D eigenvalue weighted by Gasteiger charge is 2.08. The lowest BCUT2D eigenvalue weighted by Gasteiger charge is -2.10. The van der Waals surface area contributed by atoms with Gasteiger partial charge in [-0.25, -0.2) is 4.98 Å². The highest BCUT2D eigenvalue weighted by atomic mass is 79.9. The van der Waals surface area contributed by atoms with E-state index in [2.05, 4.69) is 31.2 Å². The molecule has 0 aliphatic heterocycles. The van der Waals surface area contributed by atoms with Gasteiger partial charge in [-0.2, -0.15) is 4.98 Å². The first-order valence-electron chi connectivity index (χ1n) is 5.78. The van der Waals surface area contributed by atoms with Gasteiger partial charge in [0.15, 0.2) is 0 Å². The highest BCUT2D eigenvalue weighted by Crippen LogP contribution is 2.31. The molecular formula is C14H8BrCl2N3. The molecule has 20 heavy (non-hydrogen) atoms. The van der Waals surface area contributed by atoms with Crippen LogP contribution >= 0.6 is 39.1 Å². The average Bonchev–Trinajstić information content (AvgIpc) is 2.41. The Bertz CT molecular complexity index is 792. The Kier molecular flexibility index (Phi) is 3.78. The summed E-state index contributed by atoms with van der Waals surface area (Å²) in [4.78, 5) is 8.45. The van der Waals surface area contributed by atoms with Crippen molar-refractivity contribution in [2.75, 3.05) is 5.32 Å². The van der Waals surface area contributed by atoms with Crippen LogP contribution in [0, 0.1) is 0 Å². The first kappa shape index (κ1) is 13.6. The fourth-order valence-electron chi connectivity index (χ4n) is 1.86. The van der Waals surface area contributed by atoms with Crippen LogP contribution in [0.3, 0.4) is 0 Å². The molecule has 0 aliphatic carbocycles. The van der Waals surface area contributed by atoms with E-state index in [0.29, 0.717) is 10.8 Å². The molecule has 1 aromatic heterocycles. The number of anilines is 2. The number of aromatic nitrogens is 2. The number of rotatable bonds is 2. The quantitative estimate of drug-likeness (QED) is 0.611. The van der Waals surface area contributed by atoms with Gasteiger partial charge in [0.25, 0.3) is 0 Å². The van der Waals surface area contributed by atoms with Gasteiger partial charge in [0.05, 0.1) is 11.2 Å². The van der Waals surface area contributed by atoms with Crippen LogP contribution in [0.1, 0.15) is 0 Å². The number of hydrogen-bond acceptors (Lipinski definition) is 3. The van der Waals surface area contributed by atoms with Crippen molar-refractivity contribution in [2.24, 2.45) is 0 Å². The molecule has 0 spiro atoms. The van der Waals surface area contributed by atoms with Gasteiger partial charge in [-0.05, 0) is 57.9 Å². The maximum absolute atomic E-state index is 5.96. The van der Waals surface area contributed by atoms with E-state index in [4.69, 9.17) is 23.2 Å². The second-order valence-electron chi connectivity index (χ2n) is 4.11. The standard InChI is InChI=1S/C14H8BrCl2N3/c15-10-7-8(16)5-6-12(10)18-13-9-3-1-2-4-11(9)19-14(17)20-13/h1-7H,(H,18,19,20). The molecule has 0 amide bonds. The Morgan fingerprint density at radius 2 is 1.80 bits per heavy atom. The Labute approximate surface area is 134 Å². The molecular weight excluding hydrogens is 361 g/mol. The molecule has 0 fully saturated rings. The molecule has 3 rings (SSSR count). The van der Waals surface area contributed by atoms with E-state index in [-0.39, 0.29) is 5.28 Å². The van der Waals surface area contributed by atoms with Gasteiger partial charge in [0.1, 0.15) is 5.82 Å². The summed E-state index contributed by atoms with van der Waals surface area (Å²) in [5.74, 6) is 0.656. The van der Waals surface area contributed by atoms with Crippen molar-refractivity contribution in [3.63, 3.8) is 0 Å². The third-order valence-corrected chi connectivity index (χ3v) is 3.82. The van der Waals surface area contributed by atoms with E-state index in [0.717, 1.165) is 21.1 Å². The molecule has 6 heteroatoms. The summed E-state index contributed by atoms with van der Waals surface area (Å²) in [5, 5.41) is 5.01. The molecule has 1 N–H and O–H groups in total. The maximum Gasteiger partial charge on any atom is 0.224 e. The van der Waals surface area contributed by atoms with Crippen molar-refractivity contribution in [3.8, 4) is 0 Å². The first-order valence-corrected chi connectivity index (χ1v) is 7.33. The van der Waals surface area contributed by atoms with Crippen molar-refractivity contribution in [1.29, 1.82) is 0 Å². The smallest absolute Gasteiger partial charge is 0.224 e. The number of hydrogen-bond donors (Lipinski definition) is 1. The molecule has 0 radical (unpaired) electrons. The molecule has 1 heterocycles. The van der Waals surface area contributed by atoms with Crippen LogP contribution in [0.2, 0.25) is 10.3 Å². The molecule has 3 nitrogen and oxygen atoms in total. The van der Waals surface area contributed by atoms with Crippen LogP contribution < -0.4 is 5.32 Å². The SMILES string of the molecule is Clc1ccc(Nc2nc(Cl)nc3ccccc23)c(Br)c1. The largest absolute Gasteiger partial charge is 0.339 e. The Balaban J connectivity index is 2.10. The van der Waals surface area contributed by atoms with E-state index in [9.17, 15) is 0 Å². The summed E-state index contributed by atoms with van der Waals surface area (Å²) in [6.07, 6.45) is 0. The first-order chi connectivity index (χ1) is 9.63. The topological polar surface area (TPSA) is 37.8 Å². The molecule has 0 saturated heterocycles. The molecule has 0 bridgehead atoms. The van der Waals surface area contributed by atoms with Gasteiger partial charge in [-0.1, -0.05) is 23.7 Å². The second kappa shape index (κ2) is 5.56. The van der Waals surface area contributed by atoms with E-state index < -0.39 is 0 Å². The van der Waals surface area contributed by atoms with Crippen LogP contribution in [0.5, 0.6) is 0 Å². The molecule has 0 unspecified atom stereocenters. The monoisotopic (exact) mass is 367 g/mol. The maximum atomic E-state index is 5.96. The van der Waals surface area contributed by atoms with Gasteiger partial charge < -0.3 is 5.32 Å². The van der Waals surface area contributed by atoms with Gasteiger partial charge in [0, 0.05) is 14.9 Å². The molecule has 3 aromatic rings. The zero-order valence-electron chi connectivity index (χ0n) is 10.1. The summed E-state index contributed by atoms with van der Waals surface area (Å²) < 4.78 is 0.851. The third kappa shape index (κ3) is 2.73. The lowest BCUT2D eigenvalue weighted by molar-refractivity contribution is 1.22. The van der Waals surface area contributed by atoms with Crippen LogP contribution in [0.15, 0.2) is 46.9 Å². The van der Waals surface area contributed by atoms with Crippen molar-refractivity contribution >= 4 is 61.5 Å². The van der Waals surface area contributed by atoms with Gasteiger partial charge in [-0.3, -0.25) is 0 Å². The summed E-state index contributed by atoms with van der Waals surface area (Å²) in [7, 11) is 0. The van der Waals surface area contributed by atoms with Crippen molar-refractivity contribution in [3.05, 3.63) is 57.2 Å². The van der Waals surface area contributed by atoms with Crippen LogP contribution in [-0.4, -0.2) is 9.97 Å². The number of nitrogens with zero attached hydrogens (tertiary/aromatic N) is 2. The normalized spacial score (nSPS) is 10.8. The molecule has 0 saturated carbocycles. The van der Waals surface area contributed by atoms with E-state index in [1.54, 1.807) is 6.07 Å². The van der Waals surface area contributed by atoms with Gasteiger partial charge >= 0.3 is 0 Å². The zero-order valence-corrected chi connectivity index (χ0v) is 13.2. The van der Waals surface area contributed by atoms with E-state index >= 15 is 0 Å². The number of fused-ring (bicyclic) bond motifs is 1. The predicted molar refractivity (Wildman–Crippen MR) is 87.0 cm³/mol. The second-order valence-corrected chi connectivity index (χ2v) is 5.74. The molecule has 2 aromatic carbocycles. The van der Waals surface area contributed by atoms with Crippen LogP contribution in [-0.2, 0) is 0 Å². The summed E-state index contributed by atoms with van der Waals surface area (Å²) in [6.45, 7) is 0. The highest BCUT2D eigenvalue weighted by molar-refractivity contribution is 9.10. The average molecular weight is 369 g/mol. The summed E-state index contributed by atoms with van der Waals surface area (Å²) in [5.41, 5.74) is 1.65. The number of benzene rings is 2. The molecule has 0 aliphatic rings. The fourth-order valence-corrected chi connectivity index (χ4v) is 2.82. The fraction of sp³-hybridized carbons (Fsp3) is 0.